The van der Waals surface area contributed by atoms with Gasteiger partial charge in [0.2, 0.25) is 6.10 Å². The van der Waals surface area contributed by atoms with Crippen LogP contribution < -0.4 is 25.1 Å². The van der Waals surface area contributed by atoms with Crippen molar-refractivity contribution in [2.75, 3.05) is 6.61 Å². The fourth-order valence-electron chi connectivity index (χ4n) is 2.95. The molecule has 0 bridgehead atoms. The van der Waals surface area contributed by atoms with Gasteiger partial charge in [0.05, 0.1) is 0 Å². The molecule has 0 radical (unpaired) electrons. The van der Waals surface area contributed by atoms with Gasteiger partial charge >= 0.3 is 0 Å². The summed E-state index contributed by atoms with van der Waals surface area (Å²) in [6, 6.07) is 20.5. The van der Waals surface area contributed by atoms with Gasteiger partial charge in [-0.3, -0.25) is 20.4 Å². The molecule has 7 nitrogen and oxygen atoms in total. The number of ether oxygens (including phenoxy) is 3. The minimum Gasteiger partial charge on any atom is -0.485 e. The van der Waals surface area contributed by atoms with Crippen molar-refractivity contribution in [2.24, 2.45) is 0 Å². The average molecular weight is 392 g/mol. The summed E-state index contributed by atoms with van der Waals surface area (Å²) in [6.45, 7) is 1.66. The summed E-state index contributed by atoms with van der Waals surface area (Å²) in [4.78, 5) is 24.5. The molecule has 148 valence electrons. The molecule has 29 heavy (non-hydrogen) atoms. The van der Waals surface area contributed by atoms with Crippen molar-refractivity contribution in [3.05, 3.63) is 66.7 Å². The average Bonchev–Trinajstić information content (AvgIpc) is 2.76. The minimum atomic E-state index is -0.859. The van der Waals surface area contributed by atoms with Crippen LogP contribution in [0.5, 0.6) is 17.2 Å². The fourth-order valence-corrected chi connectivity index (χ4v) is 2.95. The number of fused-ring (bicyclic) bond motifs is 2. The maximum atomic E-state index is 12.3. The van der Waals surface area contributed by atoms with Crippen molar-refractivity contribution < 1.29 is 23.8 Å². The number of hydrogen-bond acceptors (Lipinski definition) is 5. The third-order valence-electron chi connectivity index (χ3n) is 4.51. The molecule has 3 aromatic carbocycles. The first-order valence-electron chi connectivity index (χ1n) is 9.24. The van der Waals surface area contributed by atoms with Gasteiger partial charge in [-0.25, -0.2) is 0 Å². The highest BCUT2D eigenvalue weighted by Crippen LogP contribution is 2.30. The zero-order chi connectivity index (χ0) is 20.2. The van der Waals surface area contributed by atoms with Gasteiger partial charge < -0.3 is 14.2 Å². The zero-order valence-electron chi connectivity index (χ0n) is 15.8. The number of hydrazine groups is 1. The number of carbonyl (C=O) groups is 2. The second-order valence-electron chi connectivity index (χ2n) is 6.61. The molecule has 3 aromatic rings. The van der Waals surface area contributed by atoms with Crippen molar-refractivity contribution in [3.8, 4) is 17.2 Å². The van der Waals surface area contributed by atoms with E-state index in [2.05, 4.69) is 10.9 Å². The highest BCUT2D eigenvalue weighted by molar-refractivity contribution is 5.87. The lowest BCUT2D eigenvalue weighted by Gasteiger charge is -2.25. The largest absolute Gasteiger partial charge is 0.485 e. The van der Waals surface area contributed by atoms with Gasteiger partial charge in [0, 0.05) is 0 Å². The van der Waals surface area contributed by atoms with Gasteiger partial charge in [0.15, 0.2) is 17.6 Å². The third-order valence-corrected chi connectivity index (χ3v) is 4.51. The molecule has 0 unspecified atom stereocenters. The summed E-state index contributed by atoms with van der Waals surface area (Å²) in [5.74, 6) is 0.643. The van der Waals surface area contributed by atoms with Crippen LogP contribution in [0.4, 0.5) is 0 Å². The van der Waals surface area contributed by atoms with Crippen molar-refractivity contribution in [1.82, 2.24) is 10.9 Å². The zero-order valence-corrected chi connectivity index (χ0v) is 15.8. The van der Waals surface area contributed by atoms with Crippen LogP contribution in [0.3, 0.4) is 0 Å². The van der Waals surface area contributed by atoms with E-state index in [-0.39, 0.29) is 6.61 Å². The predicted octanol–water partition coefficient (Wildman–Crippen LogP) is 2.59. The van der Waals surface area contributed by atoms with E-state index in [1.165, 1.54) is 0 Å². The molecule has 1 aliphatic heterocycles. The van der Waals surface area contributed by atoms with Gasteiger partial charge in [0.25, 0.3) is 11.8 Å². The topological polar surface area (TPSA) is 85.9 Å². The normalized spacial score (nSPS) is 16.0. The summed E-state index contributed by atoms with van der Waals surface area (Å²) in [5, 5.41) is 2.10. The van der Waals surface area contributed by atoms with E-state index in [0.717, 1.165) is 10.8 Å². The molecule has 1 heterocycles. The van der Waals surface area contributed by atoms with Crippen molar-refractivity contribution in [2.45, 2.75) is 19.1 Å². The number of para-hydroxylation sites is 2. The van der Waals surface area contributed by atoms with E-state index in [0.29, 0.717) is 17.2 Å². The molecule has 4 rings (SSSR count). The summed E-state index contributed by atoms with van der Waals surface area (Å²) in [7, 11) is 0. The van der Waals surface area contributed by atoms with Crippen LogP contribution in [0.25, 0.3) is 10.8 Å². The molecule has 0 saturated carbocycles. The van der Waals surface area contributed by atoms with E-state index in [1.807, 2.05) is 42.5 Å². The smallest absolute Gasteiger partial charge is 0.283 e. The van der Waals surface area contributed by atoms with Crippen molar-refractivity contribution in [3.63, 3.8) is 0 Å². The lowest BCUT2D eigenvalue weighted by molar-refractivity contribution is -0.137. The number of hydrogen-bond donors (Lipinski definition) is 2. The summed E-state index contributed by atoms with van der Waals surface area (Å²) < 4.78 is 16.8. The third kappa shape index (κ3) is 4.24. The second-order valence-corrected chi connectivity index (χ2v) is 6.61. The second kappa shape index (κ2) is 8.10. The Morgan fingerprint density at radius 3 is 2.52 bits per heavy atom. The van der Waals surface area contributed by atoms with Crippen LogP contribution in [-0.2, 0) is 9.59 Å². The van der Waals surface area contributed by atoms with Crippen molar-refractivity contribution in [1.29, 1.82) is 0 Å². The molecule has 0 saturated heterocycles. The number of amides is 2. The summed E-state index contributed by atoms with van der Waals surface area (Å²) >= 11 is 0. The van der Waals surface area contributed by atoms with Gasteiger partial charge in [0.1, 0.15) is 12.4 Å². The first-order valence-corrected chi connectivity index (χ1v) is 9.24. The maximum Gasteiger partial charge on any atom is 0.283 e. The Labute approximate surface area is 167 Å². The summed E-state index contributed by atoms with van der Waals surface area (Å²) in [6.07, 6.45) is -1.66. The fraction of sp³-hybridized carbons (Fsp3) is 0.182. The first-order chi connectivity index (χ1) is 14.1. The standard InChI is InChI=1S/C22H20N2O5/c1-14(28-17-11-10-15-6-2-3-7-16(15)12-17)21(25)23-24-22(26)20-13-27-18-8-4-5-9-19(18)29-20/h2-12,14,20H,13H2,1H3,(H,23,25)(H,24,26)/t14-,20+/m0/s1. The molecule has 1 aliphatic rings. The number of nitrogens with one attached hydrogen (secondary N) is 2. The van der Waals surface area contributed by atoms with E-state index in [9.17, 15) is 9.59 Å². The van der Waals surface area contributed by atoms with Gasteiger partial charge in [-0.05, 0) is 42.0 Å². The summed E-state index contributed by atoms with van der Waals surface area (Å²) in [5.41, 5.74) is 4.72. The van der Waals surface area contributed by atoms with Gasteiger partial charge in [-0.1, -0.05) is 42.5 Å². The number of rotatable bonds is 4. The maximum absolute atomic E-state index is 12.3. The predicted molar refractivity (Wildman–Crippen MR) is 107 cm³/mol. The van der Waals surface area contributed by atoms with E-state index >= 15 is 0 Å². The monoisotopic (exact) mass is 392 g/mol. The number of benzene rings is 3. The van der Waals surface area contributed by atoms with Crippen LogP contribution in [0.2, 0.25) is 0 Å². The molecule has 0 aromatic heterocycles. The molecule has 0 spiro atoms. The lowest BCUT2D eigenvalue weighted by atomic mass is 10.1. The Bertz CT molecular complexity index is 1050. The van der Waals surface area contributed by atoms with Crippen LogP contribution in [0.15, 0.2) is 66.7 Å². The van der Waals surface area contributed by atoms with Crippen LogP contribution in [0.1, 0.15) is 6.92 Å². The van der Waals surface area contributed by atoms with E-state index in [1.54, 1.807) is 31.2 Å². The van der Waals surface area contributed by atoms with Gasteiger partial charge in [-0.2, -0.15) is 0 Å². The van der Waals surface area contributed by atoms with Crippen LogP contribution >= 0.6 is 0 Å². The molecule has 7 heteroatoms. The highest BCUT2D eigenvalue weighted by atomic mass is 16.6. The Morgan fingerprint density at radius 1 is 0.966 bits per heavy atom. The first kappa shape index (κ1) is 18.6. The molecule has 2 amide bonds. The Kier molecular flexibility index (Phi) is 5.20. The number of carbonyl (C=O) groups excluding carboxylic acids is 2. The van der Waals surface area contributed by atoms with Crippen LogP contribution in [0, 0.1) is 0 Å². The quantitative estimate of drug-likeness (QED) is 0.667. The molecule has 2 N–H and O–H groups in total. The molecular weight excluding hydrogens is 372 g/mol. The Morgan fingerprint density at radius 2 is 1.69 bits per heavy atom. The van der Waals surface area contributed by atoms with Crippen molar-refractivity contribution >= 4 is 22.6 Å². The van der Waals surface area contributed by atoms with Gasteiger partial charge in [-0.15, -0.1) is 0 Å². The Balaban J connectivity index is 1.30. The Hall–Kier alpha value is -3.74. The molecular formula is C22H20N2O5. The molecule has 0 aliphatic carbocycles. The lowest BCUT2D eigenvalue weighted by Crippen LogP contribution is -2.53. The molecule has 0 fully saturated rings. The van der Waals surface area contributed by atoms with E-state index < -0.39 is 24.0 Å². The van der Waals surface area contributed by atoms with E-state index in [4.69, 9.17) is 14.2 Å². The molecule has 2 atom stereocenters. The SMILES string of the molecule is C[C@H](Oc1ccc2ccccc2c1)C(=O)NNC(=O)[C@H]1COc2ccccc2O1. The van der Waals surface area contributed by atoms with Crippen LogP contribution in [-0.4, -0.2) is 30.6 Å². The highest BCUT2D eigenvalue weighted by Gasteiger charge is 2.28. The minimum absolute atomic E-state index is 0.0574.